The number of hydrogen-bond acceptors (Lipinski definition) is 5. The van der Waals surface area contributed by atoms with Gasteiger partial charge in [-0.2, -0.15) is 0 Å². The van der Waals surface area contributed by atoms with Gasteiger partial charge >= 0.3 is 0 Å². The highest BCUT2D eigenvalue weighted by Gasteiger charge is 2.11. The summed E-state index contributed by atoms with van der Waals surface area (Å²) in [4.78, 5) is 15.4. The van der Waals surface area contributed by atoms with Crippen molar-refractivity contribution in [1.82, 2.24) is 4.90 Å². The lowest BCUT2D eigenvalue weighted by Crippen LogP contribution is -2.28. The number of rotatable bonds is 7. The first kappa shape index (κ1) is 17.7. The maximum absolute atomic E-state index is 13.1. The number of anilines is 1. The highest BCUT2D eigenvalue weighted by molar-refractivity contribution is 7.24. The molecule has 0 aliphatic rings. The molecule has 2 aromatic carbocycles. The predicted molar refractivity (Wildman–Crippen MR) is 108 cm³/mol. The van der Waals surface area contributed by atoms with Crippen LogP contribution in [0.25, 0.3) is 20.2 Å². The zero-order valence-electron chi connectivity index (χ0n) is 15.0. The Hall–Kier alpha value is -2.11. The van der Waals surface area contributed by atoms with Crippen molar-refractivity contribution in [3.05, 3.63) is 46.6 Å². The van der Waals surface area contributed by atoms with Crippen molar-refractivity contribution in [1.29, 1.82) is 0 Å². The molecule has 1 heterocycles. The van der Waals surface area contributed by atoms with Gasteiger partial charge in [0.25, 0.3) is 0 Å². The first-order chi connectivity index (χ1) is 12.2. The Morgan fingerprint density at radius 3 is 2.64 bits per heavy atom. The van der Waals surface area contributed by atoms with E-state index in [2.05, 4.69) is 24.1 Å². The van der Waals surface area contributed by atoms with E-state index in [1.165, 1.54) is 0 Å². The number of fused-ring (bicyclic) bond motifs is 2. The number of nitrogens with zero attached hydrogens (tertiary/aromatic N) is 1. The molecule has 1 aromatic heterocycles. The lowest BCUT2D eigenvalue weighted by atomic mass is 10.1. The molecule has 0 aliphatic heterocycles. The van der Waals surface area contributed by atoms with Crippen LogP contribution in [0.15, 0.2) is 41.2 Å². The topological polar surface area (TPSA) is 41.6 Å². The fourth-order valence-electron chi connectivity index (χ4n) is 3.04. The summed E-state index contributed by atoms with van der Waals surface area (Å²) in [6.45, 7) is 8.18. The maximum Gasteiger partial charge on any atom is 0.198 e. The molecule has 5 heteroatoms. The summed E-state index contributed by atoms with van der Waals surface area (Å²) in [5, 5.41) is 4.94. The monoisotopic (exact) mass is 356 g/mol. The molecule has 1 N–H and O–H groups in total. The molecule has 4 nitrogen and oxygen atoms in total. The number of methoxy groups -OCH3 is 1. The third-order valence-corrected chi connectivity index (χ3v) is 5.68. The second-order valence-corrected chi connectivity index (χ2v) is 7.01. The van der Waals surface area contributed by atoms with Crippen LogP contribution < -0.4 is 15.5 Å². The second kappa shape index (κ2) is 7.85. The Kier molecular flexibility index (Phi) is 5.56. The van der Waals surface area contributed by atoms with Crippen LogP contribution in [0.5, 0.6) is 5.75 Å². The van der Waals surface area contributed by atoms with E-state index in [9.17, 15) is 4.79 Å². The van der Waals surface area contributed by atoms with Gasteiger partial charge in [-0.25, -0.2) is 0 Å². The van der Waals surface area contributed by atoms with E-state index < -0.39 is 0 Å². The van der Waals surface area contributed by atoms with Gasteiger partial charge in [0.1, 0.15) is 5.75 Å². The van der Waals surface area contributed by atoms with Crippen molar-refractivity contribution in [2.45, 2.75) is 13.8 Å². The third-order valence-electron chi connectivity index (χ3n) is 4.54. The third kappa shape index (κ3) is 3.62. The van der Waals surface area contributed by atoms with Crippen LogP contribution in [-0.2, 0) is 0 Å². The minimum atomic E-state index is 0.0635. The summed E-state index contributed by atoms with van der Waals surface area (Å²) in [7, 11) is 1.62. The Balaban J connectivity index is 2.01. The van der Waals surface area contributed by atoms with Crippen molar-refractivity contribution in [3.63, 3.8) is 0 Å². The molecule has 132 valence electrons. The highest BCUT2D eigenvalue weighted by Crippen LogP contribution is 2.30. The molecular formula is C20H24N2O2S. The molecule has 0 unspecified atom stereocenters. The molecule has 0 amide bonds. The van der Waals surface area contributed by atoms with Gasteiger partial charge in [0.05, 0.1) is 12.5 Å². The van der Waals surface area contributed by atoms with Crippen LogP contribution >= 0.6 is 11.3 Å². The fourth-order valence-corrected chi connectivity index (χ4v) is 4.13. The summed E-state index contributed by atoms with van der Waals surface area (Å²) >= 11 is 1.64. The lowest BCUT2D eigenvalue weighted by Gasteiger charge is -2.18. The predicted octanol–water partition coefficient (Wildman–Crippen LogP) is 4.18. The van der Waals surface area contributed by atoms with E-state index in [0.717, 1.165) is 52.0 Å². The van der Waals surface area contributed by atoms with E-state index in [1.807, 2.05) is 36.4 Å². The average Bonchev–Trinajstić information content (AvgIpc) is 2.65. The molecule has 25 heavy (non-hydrogen) atoms. The summed E-state index contributed by atoms with van der Waals surface area (Å²) in [5.74, 6) is 0.711. The maximum atomic E-state index is 13.1. The number of ether oxygens (including phenoxy) is 1. The molecule has 0 radical (unpaired) electrons. The fraction of sp³-hybridized carbons (Fsp3) is 0.350. The van der Waals surface area contributed by atoms with E-state index in [-0.39, 0.29) is 5.43 Å². The van der Waals surface area contributed by atoms with E-state index in [1.54, 1.807) is 18.4 Å². The van der Waals surface area contributed by atoms with Gasteiger partial charge in [-0.3, -0.25) is 4.79 Å². The quantitative estimate of drug-likeness (QED) is 0.645. The number of nitrogens with one attached hydrogen (secondary N) is 1. The zero-order valence-corrected chi connectivity index (χ0v) is 15.8. The van der Waals surface area contributed by atoms with Crippen LogP contribution in [0.4, 0.5) is 5.69 Å². The SMILES string of the molecule is CCN(CC)CCNc1cccc2sc3ccc(OC)cc3c(=O)c12. The number of hydrogen-bond donors (Lipinski definition) is 1. The standard InChI is InChI=1S/C20H24N2O2S/c1-4-22(5-2)12-11-21-16-7-6-8-18-19(16)20(23)15-13-14(24-3)9-10-17(15)25-18/h6-10,13,21H,4-5,11-12H2,1-3H3. The summed E-state index contributed by atoms with van der Waals surface area (Å²) in [5.41, 5.74) is 0.976. The summed E-state index contributed by atoms with van der Waals surface area (Å²) < 4.78 is 7.27. The van der Waals surface area contributed by atoms with Gasteiger partial charge < -0.3 is 15.0 Å². The normalized spacial score (nSPS) is 11.4. The summed E-state index contributed by atoms with van der Waals surface area (Å²) in [6.07, 6.45) is 0. The lowest BCUT2D eigenvalue weighted by molar-refractivity contribution is 0.316. The van der Waals surface area contributed by atoms with Gasteiger partial charge in [0.2, 0.25) is 0 Å². The first-order valence-corrected chi connectivity index (χ1v) is 9.49. The van der Waals surface area contributed by atoms with Gasteiger partial charge in [-0.15, -0.1) is 11.3 Å². The van der Waals surface area contributed by atoms with Crippen molar-refractivity contribution in [3.8, 4) is 5.75 Å². The average molecular weight is 356 g/mol. The molecule has 0 fully saturated rings. The zero-order chi connectivity index (χ0) is 17.8. The minimum absolute atomic E-state index is 0.0635. The van der Waals surface area contributed by atoms with Crippen molar-refractivity contribution in [2.24, 2.45) is 0 Å². The van der Waals surface area contributed by atoms with Crippen molar-refractivity contribution < 1.29 is 4.74 Å². The van der Waals surface area contributed by atoms with Crippen LogP contribution in [0.2, 0.25) is 0 Å². The van der Waals surface area contributed by atoms with Crippen LogP contribution in [-0.4, -0.2) is 38.2 Å². The van der Waals surface area contributed by atoms with E-state index in [0.29, 0.717) is 5.75 Å². The molecule has 0 saturated heterocycles. The summed E-state index contributed by atoms with van der Waals surface area (Å²) in [6, 6.07) is 11.7. The molecule has 0 saturated carbocycles. The van der Waals surface area contributed by atoms with Gasteiger partial charge in [0, 0.05) is 33.6 Å². The van der Waals surface area contributed by atoms with E-state index >= 15 is 0 Å². The highest BCUT2D eigenvalue weighted by atomic mass is 32.1. The molecule has 3 rings (SSSR count). The Bertz CT molecular complexity index is 932. The first-order valence-electron chi connectivity index (χ1n) is 8.67. The Labute approximate surface area is 152 Å². The molecule has 3 aromatic rings. The second-order valence-electron chi connectivity index (χ2n) is 5.93. The molecule has 0 aliphatic carbocycles. The van der Waals surface area contributed by atoms with Crippen LogP contribution in [0.1, 0.15) is 13.8 Å². The molecule has 0 atom stereocenters. The Morgan fingerprint density at radius 2 is 1.92 bits per heavy atom. The largest absolute Gasteiger partial charge is 0.497 e. The van der Waals surface area contributed by atoms with Crippen molar-refractivity contribution >= 4 is 37.2 Å². The van der Waals surface area contributed by atoms with Gasteiger partial charge in [-0.1, -0.05) is 19.9 Å². The van der Waals surface area contributed by atoms with Crippen molar-refractivity contribution in [2.75, 3.05) is 38.6 Å². The molecular weight excluding hydrogens is 332 g/mol. The smallest absolute Gasteiger partial charge is 0.198 e. The van der Waals surface area contributed by atoms with E-state index in [4.69, 9.17) is 4.74 Å². The minimum Gasteiger partial charge on any atom is -0.497 e. The Morgan fingerprint density at radius 1 is 1.12 bits per heavy atom. The molecule has 0 spiro atoms. The van der Waals surface area contributed by atoms with Gasteiger partial charge in [0.15, 0.2) is 5.43 Å². The number of likely N-dealkylation sites (N-methyl/N-ethyl adjacent to an activating group) is 1. The van der Waals surface area contributed by atoms with Gasteiger partial charge in [-0.05, 0) is 43.4 Å². The van der Waals surface area contributed by atoms with Crippen LogP contribution in [0.3, 0.4) is 0 Å². The van der Waals surface area contributed by atoms with Crippen LogP contribution in [0, 0.1) is 0 Å². The molecule has 0 bridgehead atoms. The number of benzene rings is 2.